The summed E-state index contributed by atoms with van der Waals surface area (Å²) in [6, 6.07) is 18.9. The standard InChI is InChI=1S/C23H19N3O6/c1-16-4-2-3-5-21(16)31-15-22(27)25-24-14-17-6-12-20(13-7-17)32-23(28)18-8-10-19(11-9-18)26(29)30/h2-14H,15H2,1H3,(H,25,27)/b24-14+. The number of nitro groups is 1. The summed E-state index contributed by atoms with van der Waals surface area (Å²) in [6.07, 6.45) is 1.44. The lowest BCUT2D eigenvalue weighted by Crippen LogP contribution is -2.24. The van der Waals surface area contributed by atoms with E-state index in [9.17, 15) is 19.7 Å². The fourth-order valence-corrected chi connectivity index (χ4v) is 2.58. The number of nitro benzene ring substituents is 1. The molecule has 1 N–H and O–H groups in total. The van der Waals surface area contributed by atoms with Crippen LogP contribution in [0.3, 0.4) is 0 Å². The molecule has 0 spiro atoms. The fourth-order valence-electron chi connectivity index (χ4n) is 2.58. The van der Waals surface area contributed by atoms with Crippen molar-refractivity contribution in [3.63, 3.8) is 0 Å². The van der Waals surface area contributed by atoms with Gasteiger partial charge < -0.3 is 9.47 Å². The first-order valence-electron chi connectivity index (χ1n) is 9.49. The lowest BCUT2D eigenvalue weighted by molar-refractivity contribution is -0.384. The zero-order valence-electron chi connectivity index (χ0n) is 17.1. The average Bonchev–Trinajstić information content (AvgIpc) is 2.79. The molecule has 32 heavy (non-hydrogen) atoms. The van der Waals surface area contributed by atoms with Gasteiger partial charge in [0.05, 0.1) is 16.7 Å². The summed E-state index contributed by atoms with van der Waals surface area (Å²) in [5.74, 6) is -0.118. The van der Waals surface area contributed by atoms with Crippen LogP contribution in [0.4, 0.5) is 5.69 Å². The van der Waals surface area contributed by atoms with E-state index in [0.29, 0.717) is 17.1 Å². The van der Waals surface area contributed by atoms with Crippen LogP contribution < -0.4 is 14.9 Å². The van der Waals surface area contributed by atoms with Crippen LogP contribution in [0.5, 0.6) is 11.5 Å². The maximum absolute atomic E-state index is 12.1. The number of hydrogen-bond acceptors (Lipinski definition) is 7. The van der Waals surface area contributed by atoms with Gasteiger partial charge in [0.1, 0.15) is 11.5 Å². The number of carbonyl (C=O) groups is 2. The summed E-state index contributed by atoms with van der Waals surface area (Å²) in [4.78, 5) is 34.1. The van der Waals surface area contributed by atoms with E-state index in [1.165, 1.54) is 30.5 Å². The molecule has 0 fully saturated rings. The summed E-state index contributed by atoms with van der Waals surface area (Å²) >= 11 is 0. The average molecular weight is 433 g/mol. The first-order valence-corrected chi connectivity index (χ1v) is 9.49. The molecule has 3 rings (SSSR count). The molecule has 0 unspecified atom stereocenters. The Hall–Kier alpha value is -4.53. The van der Waals surface area contributed by atoms with Crippen LogP contribution in [-0.4, -0.2) is 29.6 Å². The van der Waals surface area contributed by atoms with Crippen molar-refractivity contribution in [1.29, 1.82) is 0 Å². The molecule has 0 aliphatic carbocycles. The van der Waals surface area contributed by atoms with Crippen LogP contribution in [-0.2, 0) is 4.79 Å². The Labute approximate surface area is 183 Å². The molecule has 0 aliphatic heterocycles. The molecule has 0 aromatic heterocycles. The molecule has 9 heteroatoms. The molecule has 9 nitrogen and oxygen atoms in total. The second-order valence-corrected chi connectivity index (χ2v) is 6.61. The molecular weight excluding hydrogens is 414 g/mol. The van der Waals surface area contributed by atoms with Crippen LogP contribution in [0.2, 0.25) is 0 Å². The monoisotopic (exact) mass is 433 g/mol. The number of hydrazone groups is 1. The highest BCUT2D eigenvalue weighted by Crippen LogP contribution is 2.17. The highest BCUT2D eigenvalue weighted by atomic mass is 16.6. The number of nitrogens with one attached hydrogen (secondary N) is 1. The minimum atomic E-state index is -0.637. The number of amides is 1. The summed E-state index contributed by atoms with van der Waals surface area (Å²) in [5, 5.41) is 14.5. The van der Waals surface area contributed by atoms with Crippen molar-refractivity contribution >= 4 is 23.8 Å². The van der Waals surface area contributed by atoms with Crippen LogP contribution in [0.25, 0.3) is 0 Å². The van der Waals surface area contributed by atoms with Gasteiger partial charge in [0.2, 0.25) is 0 Å². The molecule has 0 heterocycles. The highest BCUT2D eigenvalue weighted by molar-refractivity contribution is 5.91. The van der Waals surface area contributed by atoms with Crippen molar-refractivity contribution in [2.75, 3.05) is 6.61 Å². The smallest absolute Gasteiger partial charge is 0.343 e. The van der Waals surface area contributed by atoms with Crippen molar-refractivity contribution in [3.05, 3.63) is 99.6 Å². The van der Waals surface area contributed by atoms with E-state index in [2.05, 4.69) is 10.5 Å². The number of non-ortho nitro benzene ring substituents is 1. The molecule has 162 valence electrons. The van der Waals surface area contributed by atoms with E-state index in [4.69, 9.17) is 9.47 Å². The lowest BCUT2D eigenvalue weighted by atomic mass is 10.2. The predicted octanol–water partition coefficient (Wildman–Crippen LogP) is 3.65. The molecule has 0 radical (unpaired) electrons. The van der Waals surface area contributed by atoms with Crippen molar-refractivity contribution < 1.29 is 24.0 Å². The van der Waals surface area contributed by atoms with Gasteiger partial charge in [0.25, 0.3) is 11.6 Å². The van der Waals surface area contributed by atoms with Gasteiger partial charge in [0.15, 0.2) is 6.61 Å². The number of esters is 1. The summed E-state index contributed by atoms with van der Waals surface area (Å²) in [7, 11) is 0. The third-order valence-corrected chi connectivity index (χ3v) is 4.26. The number of carbonyl (C=O) groups excluding carboxylic acids is 2. The Morgan fingerprint density at radius 2 is 1.72 bits per heavy atom. The van der Waals surface area contributed by atoms with Crippen molar-refractivity contribution in [1.82, 2.24) is 5.43 Å². The van der Waals surface area contributed by atoms with Gasteiger partial charge >= 0.3 is 5.97 Å². The number of ether oxygens (including phenoxy) is 2. The topological polar surface area (TPSA) is 120 Å². The minimum Gasteiger partial charge on any atom is -0.483 e. The Bertz CT molecular complexity index is 1140. The largest absolute Gasteiger partial charge is 0.483 e. The Kier molecular flexibility index (Phi) is 7.26. The van der Waals surface area contributed by atoms with Crippen molar-refractivity contribution in [2.24, 2.45) is 5.10 Å². The normalized spacial score (nSPS) is 10.5. The Morgan fingerprint density at radius 1 is 1.03 bits per heavy atom. The van der Waals surface area contributed by atoms with Gasteiger partial charge in [-0.1, -0.05) is 18.2 Å². The number of nitrogens with zero attached hydrogens (tertiary/aromatic N) is 2. The fraction of sp³-hybridized carbons (Fsp3) is 0.0870. The van der Waals surface area contributed by atoms with Gasteiger partial charge in [0, 0.05) is 12.1 Å². The molecule has 0 saturated carbocycles. The number of benzene rings is 3. The summed E-state index contributed by atoms with van der Waals surface area (Å²) in [6.45, 7) is 1.72. The molecule has 3 aromatic carbocycles. The van der Waals surface area contributed by atoms with Gasteiger partial charge in [-0.15, -0.1) is 0 Å². The van der Waals surface area contributed by atoms with E-state index in [-0.39, 0.29) is 17.9 Å². The van der Waals surface area contributed by atoms with Crippen molar-refractivity contribution in [3.8, 4) is 11.5 Å². The van der Waals surface area contributed by atoms with E-state index in [1.807, 2.05) is 25.1 Å². The number of aryl methyl sites for hydroxylation is 1. The SMILES string of the molecule is Cc1ccccc1OCC(=O)N/N=C/c1ccc(OC(=O)c2ccc([N+](=O)[O-])cc2)cc1. The van der Waals surface area contributed by atoms with E-state index in [1.54, 1.807) is 30.3 Å². The Balaban J connectivity index is 1.48. The third-order valence-electron chi connectivity index (χ3n) is 4.26. The number of rotatable bonds is 8. The first kappa shape index (κ1) is 22.2. The number of para-hydroxylation sites is 1. The maximum Gasteiger partial charge on any atom is 0.343 e. The maximum atomic E-state index is 12.1. The first-order chi connectivity index (χ1) is 15.4. The number of hydrogen-bond donors (Lipinski definition) is 1. The summed E-state index contributed by atoms with van der Waals surface area (Å²) in [5.41, 5.74) is 4.05. The second-order valence-electron chi connectivity index (χ2n) is 6.61. The molecule has 0 saturated heterocycles. The molecule has 0 bridgehead atoms. The van der Waals surface area contributed by atoms with Gasteiger partial charge in [-0.2, -0.15) is 5.10 Å². The quantitative estimate of drug-likeness (QED) is 0.190. The molecular formula is C23H19N3O6. The van der Waals surface area contributed by atoms with Crippen LogP contribution in [0.1, 0.15) is 21.5 Å². The van der Waals surface area contributed by atoms with Crippen molar-refractivity contribution in [2.45, 2.75) is 6.92 Å². The third kappa shape index (κ3) is 6.23. The molecule has 1 amide bonds. The van der Waals surface area contributed by atoms with Crippen LogP contribution in [0.15, 0.2) is 77.9 Å². The minimum absolute atomic E-state index is 0.112. The zero-order valence-corrected chi connectivity index (χ0v) is 17.1. The Morgan fingerprint density at radius 3 is 2.38 bits per heavy atom. The summed E-state index contributed by atoms with van der Waals surface area (Å²) < 4.78 is 10.7. The molecule has 0 atom stereocenters. The van der Waals surface area contributed by atoms with E-state index in [0.717, 1.165) is 5.56 Å². The van der Waals surface area contributed by atoms with E-state index < -0.39 is 16.8 Å². The zero-order chi connectivity index (χ0) is 22.9. The van der Waals surface area contributed by atoms with Gasteiger partial charge in [-0.3, -0.25) is 14.9 Å². The van der Waals surface area contributed by atoms with Crippen LogP contribution in [0, 0.1) is 17.0 Å². The molecule has 0 aliphatic rings. The van der Waals surface area contributed by atoms with E-state index >= 15 is 0 Å². The molecule has 3 aromatic rings. The lowest BCUT2D eigenvalue weighted by Gasteiger charge is -2.07. The van der Waals surface area contributed by atoms with Gasteiger partial charge in [-0.25, -0.2) is 10.2 Å². The predicted molar refractivity (Wildman–Crippen MR) is 117 cm³/mol. The van der Waals surface area contributed by atoms with Gasteiger partial charge in [-0.05, 0) is 60.5 Å². The second kappa shape index (κ2) is 10.5. The highest BCUT2D eigenvalue weighted by Gasteiger charge is 2.11. The van der Waals surface area contributed by atoms with Crippen LogP contribution >= 0.6 is 0 Å².